The summed E-state index contributed by atoms with van der Waals surface area (Å²) >= 11 is 7.74. The fourth-order valence-corrected chi connectivity index (χ4v) is 5.51. The maximum absolute atomic E-state index is 12.9. The summed E-state index contributed by atoms with van der Waals surface area (Å²) < 4.78 is 1.63. The van der Waals surface area contributed by atoms with Crippen LogP contribution in [-0.4, -0.2) is 25.4 Å². The minimum atomic E-state index is 0.0711. The molecule has 7 heteroatoms. The van der Waals surface area contributed by atoms with Gasteiger partial charge in [-0.15, -0.1) is 5.10 Å². The van der Waals surface area contributed by atoms with Gasteiger partial charge >= 0.3 is 0 Å². The number of hydrogen-bond acceptors (Lipinski definition) is 5. The van der Waals surface area contributed by atoms with Gasteiger partial charge < -0.3 is 0 Å². The lowest BCUT2D eigenvalue weighted by Crippen LogP contribution is -2.21. The predicted molar refractivity (Wildman–Crippen MR) is 131 cm³/mol. The molecule has 1 atom stereocenters. The molecule has 5 nitrogen and oxygen atoms in total. The number of carbonyl (C=O) groups excluding carboxylic acids is 1. The summed E-state index contributed by atoms with van der Waals surface area (Å²) in [7, 11) is 0. The number of hydrogen-bond donors (Lipinski definition) is 0. The molecule has 2 aromatic heterocycles. The van der Waals surface area contributed by atoms with Crippen LogP contribution in [0.3, 0.4) is 0 Å². The van der Waals surface area contributed by atoms with Gasteiger partial charge in [-0.2, -0.15) is 4.98 Å². The Morgan fingerprint density at radius 1 is 1.00 bits per heavy atom. The number of carbonyl (C=O) groups is 1. The topological polar surface area (TPSA) is 60.2 Å². The molecule has 2 heterocycles. The van der Waals surface area contributed by atoms with Gasteiger partial charge in [0, 0.05) is 23.4 Å². The molecular formula is C26H19ClN4OS. The molecule has 33 heavy (non-hydrogen) atoms. The molecule has 162 valence electrons. The summed E-state index contributed by atoms with van der Waals surface area (Å²) in [6.07, 6.45) is 2.91. The second-order valence-electron chi connectivity index (χ2n) is 8.25. The monoisotopic (exact) mass is 470 g/mol. The van der Waals surface area contributed by atoms with Crippen molar-refractivity contribution in [2.75, 3.05) is 0 Å². The van der Waals surface area contributed by atoms with E-state index in [2.05, 4.69) is 52.5 Å². The third-order valence-corrected chi connectivity index (χ3v) is 7.24. The highest BCUT2D eigenvalue weighted by atomic mass is 35.5. The molecule has 1 aliphatic carbocycles. The summed E-state index contributed by atoms with van der Waals surface area (Å²) in [6.45, 7) is 0. The molecule has 0 N–H and O–H groups in total. The Kier molecular flexibility index (Phi) is 5.12. The van der Waals surface area contributed by atoms with Crippen molar-refractivity contribution in [3.63, 3.8) is 0 Å². The molecule has 0 fully saturated rings. The number of thioether (sulfide) groups is 1. The first-order valence-corrected chi connectivity index (χ1v) is 12.1. The SMILES string of the molecule is O=C1C[C@H](c2cccc(Cl)c2)Cc2nc3nc(SCc4cccc5ccccc45)nn3cc21. The summed E-state index contributed by atoms with van der Waals surface area (Å²) in [5, 5.41) is 8.37. The van der Waals surface area contributed by atoms with Gasteiger partial charge in [-0.25, -0.2) is 9.50 Å². The van der Waals surface area contributed by atoms with Crippen molar-refractivity contribution in [2.45, 2.75) is 29.7 Å². The van der Waals surface area contributed by atoms with Crippen molar-refractivity contribution >= 4 is 45.7 Å². The van der Waals surface area contributed by atoms with Crippen molar-refractivity contribution in [1.82, 2.24) is 19.6 Å². The average Bonchev–Trinajstić information content (AvgIpc) is 3.23. The van der Waals surface area contributed by atoms with E-state index in [4.69, 9.17) is 16.6 Å². The minimum Gasteiger partial charge on any atom is -0.294 e. The zero-order valence-electron chi connectivity index (χ0n) is 17.6. The first-order valence-electron chi connectivity index (χ1n) is 10.8. The lowest BCUT2D eigenvalue weighted by atomic mass is 9.82. The van der Waals surface area contributed by atoms with Crippen LogP contribution < -0.4 is 0 Å². The normalized spacial score (nSPS) is 15.8. The molecule has 0 aliphatic heterocycles. The molecule has 0 saturated carbocycles. The predicted octanol–water partition coefficient (Wildman–Crippen LogP) is 6.14. The van der Waals surface area contributed by atoms with Gasteiger partial charge in [-0.05, 0) is 46.4 Å². The van der Waals surface area contributed by atoms with Crippen molar-refractivity contribution in [2.24, 2.45) is 0 Å². The highest BCUT2D eigenvalue weighted by Crippen LogP contribution is 2.33. The second-order valence-corrected chi connectivity index (χ2v) is 9.63. The van der Waals surface area contributed by atoms with Gasteiger partial charge in [-0.3, -0.25) is 4.79 Å². The molecule has 5 aromatic rings. The Balaban J connectivity index is 1.28. The van der Waals surface area contributed by atoms with Gasteiger partial charge in [0.1, 0.15) is 0 Å². The van der Waals surface area contributed by atoms with Crippen LogP contribution in [0.5, 0.6) is 0 Å². The number of halogens is 1. The van der Waals surface area contributed by atoms with Crippen LogP contribution in [0, 0.1) is 0 Å². The fourth-order valence-electron chi connectivity index (χ4n) is 4.48. The molecular weight excluding hydrogens is 452 g/mol. The summed E-state index contributed by atoms with van der Waals surface area (Å²) in [4.78, 5) is 22.2. The van der Waals surface area contributed by atoms with E-state index in [0.29, 0.717) is 34.4 Å². The highest BCUT2D eigenvalue weighted by molar-refractivity contribution is 7.98. The van der Waals surface area contributed by atoms with Crippen molar-refractivity contribution in [3.05, 3.63) is 100 Å². The third kappa shape index (κ3) is 3.90. The molecule has 3 aromatic carbocycles. The standard InChI is InChI=1S/C26H19ClN4OS/c27-20-9-4-7-17(11-20)19-12-23-22(24(32)13-19)14-31-25(28-23)29-26(30-31)33-15-18-8-3-6-16-5-1-2-10-21(16)18/h1-11,14,19H,12-13,15H2/t19-/m1/s1. The number of nitrogens with zero attached hydrogens (tertiary/aromatic N) is 4. The summed E-state index contributed by atoms with van der Waals surface area (Å²) in [5.41, 5.74) is 3.72. The Morgan fingerprint density at radius 2 is 1.85 bits per heavy atom. The van der Waals surface area contributed by atoms with E-state index in [0.717, 1.165) is 17.0 Å². The van der Waals surface area contributed by atoms with E-state index in [9.17, 15) is 4.79 Å². The number of fused-ring (bicyclic) bond motifs is 3. The Labute approximate surface area is 199 Å². The molecule has 6 rings (SSSR count). The van der Waals surface area contributed by atoms with E-state index in [1.54, 1.807) is 22.5 Å². The van der Waals surface area contributed by atoms with Crippen molar-refractivity contribution < 1.29 is 4.79 Å². The van der Waals surface area contributed by atoms with Gasteiger partial charge in [-0.1, -0.05) is 78.0 Å². The van der Waals surface area contributed by atoms with Crippen LogP contribution in [0.2, 0.25) is 5.02 Å². The maximum Gasteiger partial charge on any atom is 0.253 e. The second kappa shape index (κ2) is 8.28. The Bertz CT molecular complexity index is 1520. The fraction of sp³-hybridized carbons (Fsp3) is 0.154. The van der Waals surface area contributed by atoms with Crippen LogP contribution in [-0.2, 0) is 12.2 Å². The molecule has 0 bridgehead atoms. The Hall–Kier alpha value is -3.22. The number of aromatic nitrogens is 4. The molecule has 0 spiro atoms. The number of Topliss-reactive ketones (excluding diaryl/α,β-unsaturated/α-hetero) is 1. The number of rotatable bonds is 4. The van der Waals surface area contributed by atoms with E-state index in [-0.39, 0.29) is 11.7 Å². The van der Waals surface area contributed by atoms with Gasteiger partial charge in [0.25, 0.3) is 5.78 Å². The smallest absolute Gasteiger partial charge is 0.253 e. The third-order valence-electron chi connectivity index (χ3n) is 6.12. The first-order chi connectivity index (χ1) is 16.1. The van der Waals surface area contributed by atoms with Gasteiger partial charge in [0.05, 0.1) is 11.3 Å². The lowest BCUT2D eigenvalue weighted by molar-refractivity contribution is 0.0962. The van der Waals surface area contributed by atoms with Crippen LogP contribution in [0.15, 0.2) is 78.1 Å². The largest absolute Gasteiger partial charge is 0.294 e. The van der Waals surface area contributed by atoms with E-state index in [1.807, 2.05) is 24.3 Å². The number of benzene rings is 3. The van der Waals surface area contributed by atoms with Crippen molar-refractivity contribution in [3.8, 4) is 0 Å². The zero-order chi connectivity index (χ0) is 22.4. The van der Waals surface area contributed by atoms with E-state index < -0.39 is 0 Å². The lowest BCUT2D eigenvalue weighted by Gasteiger charge is -2.23. The summed E-state index contributed by atoms with van der Waals surface area (Å²) in [6, 6.07) is 22.4. The highest BCUT2D eigenvalue weighted by Gasteiger charge is 2.28. The van der Waals surface area contributed by atoms with Crippen LogP contribution in [0.1, 0.15) is 39.5 Å². The average molecular weight is 471 g/mol. The molecule has 0 saturated heterocycles. The Morgan fingerprint density at radius 3 is 2.76 bits per heavy atom. The molecule has 0 amide bonds. The quantitative estimate of drug-likeness (QED) is 0.295. The zero-order valence-corrected chi connectivity index (χ0v) is 19.2. The van der Waals surface area contributed by atoms with Crippen LogP contribution >= 0.6 is 23.4 Å². The maximum atomic E-state index is 12.9. The molecule has 1 aliphatic rings. The minimum absolute atomic E-state index is 0.0711. The molecule has 0 radical (unpaired) electrons. The first kappa shape index (κ1) is 20.4. The van der Waals surface area contributed by atoms with Gasteiger partial charge in [0.15, 0.2) is 5.78 Å². The summed E-state index contributed by atoms with van der Waals surface area (Å²) in [5.74, 6) is 1.43. The van der Waals surface area contributed by atoms with E-state index >= 15 is 0 Å². The van der Waals surface area contributed by atoms with Crippen molar-refractivity contribution in [1.29, 1.82) is 0 Å². The van der Waals surface area contributed by atoms with Crippen LogP contribution in [0.4, 0.5) is 0 Å². The van der Waals surface area contributed by atoms with Gasteiger partial charge in [0.2, 0.25) is 5.16 Å². The van der Waals surface area contributed by atoms with E-state index in [1.165, 1.54) is 16.3 Å². The molecule has 0 unspecified atom stereocenters. The van der Waals surface area contributed by atoms with Crippen LogP contribution in [0.25, 0.3) is 16.6 Å². The number of ketones is 1.